The van der Waals surface area contributed by atoms with E-state index in [1.807, 2.05) is 0 Å². The Bertz CT molecular complexity index is 1440. The number of rotatable bonds is 3. The van der Waals surface area contributed by atoms with Gasteiger partial charge in [0, 0.05) is 22.9 Å². The fourth-order valence-corrected chi connectivity index (χ4v) is 5.67. The highest BCUT2D eigenvalue weighted by Crippen LogP contribution is 2.42. The number of furan rings is 1. The lowest BCUT2D eigenvalue weighted by atomic mass is 9.92. The monoisotopic (exact) mass is 406 g/mol. The zero-order valence-electron chi connectivity index (χ0n) is 18.3. The Balaban J connectivity index is 1.66. The van der Waals surface area contributed by atoms with Gasteiger partial charge in [0.15, 0.2) is 6.20 Å². The van der Waals surface area contributed by atoms with E-state index in [1.54, 1.807) is 0 Å². The van der Waals surface area contributed by atoms with Crippen LogP contribution >= 0.6 is 0 Å². The second kappa shape index (κ2) is 7.23. The van der Waals surface area contributed by atoms with Crippen LogP contribution in [0.15, 0.2) is 71.3 Å². The highest BCUT2D eigenvalue weighted by molar-refractivity contribution is 6.23. The molecule has 6 rings (SSSR count). The van der Waals surface area contributed by atoms with Crippen molar-refractivity contribution in [1.29, 1.82) is 0 Å². The molecule has 154 valence electrons. The van der Waals surface area contributed by atoms with Crippen molar-refractivity contribution in [2.45, 2.75) is 39.0 Å². The minimum atomic E-state index is 0.837. The van der Waals surface area contributed by atoms with E-state index < -0.39 is 0 Å². The quantitative estimate of drug-likeness (QED) is 0.288. The number of pyridine rings is 1. The third-order valence-electron chi connectivity index (χ3n) is 7.27. The van der Waals surface area contributed by atoms with Crippen LogP contribution in [-0.4, -0.2) is 0 Å². The summed E-state index contributed by atoms with van der Waals surface area (Å²) < 4.78 is 8.79. The average molecular weight is 407 g/mol. The Hall–Kier alpha value is -3.13. The smallest absolute Gasteiger partial charge is 0.216 e. The summed E-state index contributed by atoms with van der Waals surface area (Å²) in [4.78, 5) is 0. The Labute approximate surface area is 183 Å². The molecule has 5 aromatic rings. The van der Waals surface area contributed by atoms with Crippen LogP contribution in [0.25, 0.3) is 44.0 Å². The largest absolute Gasteiger partial charge is 0.455 e. The fourth-order valence-electron chi connectivity index (χ4n) is 5.67. The van der Waals surface area contributed by atoms with E-state index in [4.69, 9.17) is 4.42 Å². The zero-order chi connectivity index (χ0) is 20.9. The summed E-state index contributed by atoms with van der Waals surface area (Å²) in [5, 5.41) is 5.00. The van der Waals surface area contributed by atoms with E-state index in [-0.39, 0.29) is 0 Å². The third kappa shape index (κ3) is 2.96. The number of nitrogens with zero attached hydrogens (tertiary/aromatic N) is 1. The van der Waals surface area contributed by atoms with Gasteiger partial charge in [-0.25, -0.2) is 4.57 Å². The Kier molecular flexibility index (Phi) is 4.34. The van der Waals surface area contributed by atoms with Gasteiger partial charge in [0.2, 0.25) is 5.69 Å². The van der Waals surface area contributed by atoms with Crippen molar-refractivity contribution in [3.05, 3.63) is 78.0 Å². The van der Waals surface area contributed by atoms with E-state index in [0.29, 0.717) is 0 Å². The Morgan fingerprint density at radius 2 is 1.61 bits per heavy atom. The second-order valence-electron chi connectivity index (χ2n) is 9.23. The standard InChI is InChI=1S/C29H28NO/c1-19-22-11-5-6-12-23(22)28-24-13-7-8-14-26(24)31-29(28)27(19)25-18-21(15-16-30(25)2)17-20-9-3-4-10-20/h5-8,11-16,18,20H,3-4,9-10,17H2,1-2H3/q+1. The molecule has 0 amide bonds. The predicted molar refractivity (Wildman–Crippen MR) is 128 cm³/mol. The predicted octanol–water partition coefficient (Wildman–Crippen LogP) is 7.27. The number of aryl methyl sites for hydroxylation is 2. The first-order valence-corrected chi connectivity index (χ1v) is 11.5. The molecule has 31 heavy (non-hydrogen) atoms. The van der Waals surface area contributed by atoms with Gasteiger partial charge in [0.25, 0.3) is 0 Å². The van der Waals surface area contributed by atoms with E-state index >= 15 is 0 Å². The third-order valence-corrected chi connectivity index (χ3v) is 7.27. The molecular formula is C29H28NO+. The van der Waals surface area contributed by atoms with Gasteiger partial charge in [-0.2, -0.15) is 0 Å². The van der Waals surface area contributed by atoms with E-state index in [9.17, 15) is 0 Å². The molecule has 2 heterocycles. The number of fused-ring (bicyclic) bond motifs is 5. The van der Waals surface area contributed by atoms with Gasteiger partial charge in [0.05, 0.1) is 5.56 Å². The normalized spacial score (nSPS) is 14.9. The SMILES string of the molecule is Cc1c(-c2cc(CC3CCCC3)cc[n+]2C)c2oc3ccccc3c2c2ccccc12. The van der Waals surface area contributed by atoms with Crippen LogP contribution < -0.4 is 4.57 Å². The van der Waals surface area contributed by atoms with Crippen LogP contribution in [0.4, 0.5) is 0 Å². The first kappa shape index (κ1) is 18.6. The van der Waals surface area contributed by atoms with Crippen molar-refractivity contribution in [2.75, 3.05) is 0 Å². The number of para-hydroxylation sites is 1. The first-order valence-electron chi connectivity index (χ1n) is 11.5. The van der Waals surface area contributed by atoms with Crippen molar-refractivity contribution >= 4 is 32.7 Å². The minimum Gasteiger partial charge on any atom is -0.455 e. The molecule has 0 aliphatic heterocycles. The number of hydrogen-bond acceptors (Lipinski definition) is 1. The Morgan fingerprint density at radius 1 is 0.903 bits per heavy atom. The van der Waals surface area contributed by atoms with Crippen LogP contribution in [-0.2, 0) is 13.5 Å². The lowest BCUT2D eigenvalue weighted by Gasteiger charge is -2.13. The van der Waals surface area contributed by atoms with E-state index in [0.717, 1.165) is 17.1 Å². The van der Waals surface area contributed by atoms with Crippen molar-refractivity contribution in [1.82, 2.24) is 0 Å². The lowest BCUT2D eigenvalue weighted by Crippen LogP contribution is -2.31. The van der Waals surface area contributed by atoms with Gasteiger partial charge in [-0.15, -0.1) is 0 Å². The Morgan fingerprint density at radius 3 is 2.42 bits per heavy atom. The maximum atomic E-state index is 6.54. The van der Waals surface area contributed by atoms with Crippen molar-refractivity contribution < 1.29 is 8.98 Å². The van der Waals surface area contributed by atoms with Crippen LogP contribution in [0.2, 0.25) is 0 Å². The molecule has 0 N–H and O–H groups in total. The van der Waals surface area contributed by atoms with Gasteiger partial charge in [-0.05, 0) is 47.2 Å². The fraction of sp³-hybridized carbons (Fsp3) is 0.276. The molecule has 1 aliphatic rings. The van der Waals surface area contributed by atoms with Gasteiger partial charge in [-0.3, -0.25) is 0 Å². The molecule has 0 bridgehead atoms. The van der Waals surface area contributed by atoms with Crippen molar-refractivity contribution in [3.8, 4) is 11.3 Å². The van der Waals surface area contributed by atoms with Crippen LogP contribution in [0.5, 0.6) is 0 Å². The summed E-state index contributed by atoms with van der Waals surface area (Å²) in [5.41, 5.74) is 7.15. The first-order chi connectivity index (χ1) is 15.2. The summed E-state index contributed by atoms with van der Waals surface area (Å²) in [6.07, 6.45) is 8.94. The highest BCUT2D eigenvalue weighted by Gasteiger charge is 2.25. The summed E-state index contributed by atoms with van der Waals surface area (Å²) in [7, 11) is 2.15. The van der Waals surface area contributed by atoms with Gasteiger partial charge < -0.3 is 4.42 Å². The molecule has 0 atom stereocenters. The molecule has 1 saturated carbocycles. The molecule has 0 radical (unpaired) electrons. The molecule has 0 unspecified atom stereocenters. The van der Waals surface area contributed by atoms with Crippen molar-refractivity contribution in [3.63, 3.8) is 0 Å². The molecular weight excluding hydrogens is 378 g/mol. The molecule has 2 nitrogen and oxygen atoms in total. The summed E-state index contributed by atoms with van der Waals surface area (Å²) in [6.45, 7) is 2.24. The molecule has 1 aliphatic carbocycles. The van der Waals surface area contributed by atoms with Gasteiger partial charge in [0.1, 0.15) is 18.2 Å². The van der Waals surface area contributed by atoms with Crippen molar-refractivity contribution in [2.24, 2.45) is 13.0 Å². The number of benzene rings is 3. The average Bonchev–Trinajstić information content (AvgIpc) is 3.43. The molecule has 0 spiro atoms. The maximum absolute atomic E-state index is 6.54. The molecule has 2 heteroatoms. The van der Waals surface area contributed by atoms with Gasteiger partial charge in [-0.1, -0.05) is 68.1 Å². The second-order valence-corrected chi connectivity index (χ2v) is 9.23. The summed E-state index contributed by atoms with van der Waals surface area (Å²) >= 11 is 0. The van der Waals surface area contributed by atoms with Crippen LogP contribution in [0.1, 0.15) is 36.8 Å². The minimum absolute atomic E-state index is 0.837. The van der Waals surface area contributed by atoms with Crippen LogP contribution in [0, 0.1) is 12.8 Å². The lowest BCUT2D eigenvalue weighted by molar-refractivity contribution is -0.660. The molecule has 3 aromatic carbocycles. The van der Waals surface area contributed by atoms with E-state index in [1.165, 1.54) is 76.0 Å². The number of hydrogen-bond donors (Lipinski definition) is 0. The van der Waals surface area contributed by atoms with E-state index in [2.05, 4.69) is 85.4 Å². The topological polar surface area (TPSA) is 17.0 Å². The summed E-state index contributed by atoms with van der Waals surface area (Å²) in [6, 6.07) is 21.9. The maximum Gasteiger partial charge on any atom is 0.216 e. The molecule has 1 fully saturated rings. The van der Waals surface area contributed by atoms with Crippen LogP contribution in [0.3, 0.4) is 0 Å². The highest BCUT2D eigenvalue weighted by atomic mass is 16.3. The molecule has 0 saturated heterocycles. The zero-order valence-corrected chi connectivity index (χ0v) is 18.3. The molecule has 2 aromatic heterocycles. The summed E-state index contributed by atoms with van der Waals surface area (Å²) in [5.74, 6) is 0.837. The number of aromatic nitrogens is 1. The van der Waals surface area contributed by atoms with Gasteiger partial charge >= 0.3 is 0 Å².